The first kappa shape index (κ1) is 13.6. The van der Waals surface area contributed by atoms with Crippen LogP contribution in [0.5, 0.6) is 5.75 Å². The molecule has 102 valence electrons. The Bertz CT molecular complexity index is 556. The van der Waals surface area contributed by atoms with Gasteiger partial charge in [-0.1, -0.05) is 12.1 Å². The van der Waals surface area contributed by atoms with E-state index < -0.39 is 6.36 Å². The molecule has 2 aromatic rings. The van der Waals surface area contributed by atoms with Crippen LogP contribution in [0.25, 0.3) is 11.3 Å². The second kappa shape index (κ2) is 5.43. The molecular weight excluding hydrogens is 279 g/mol. The maximum atomic E-state index is 12.3. The molecule has 0 atom stereocenters. The van der Waals surface area contributed by atoms with Crippen LogP contribution in [-0.2, 0) is 0 Å². The molecule has 1 aromatic heterocycles. The third-order valence-corrected chi connectivity index (χ3v) is 2.73. The minimum Gasteiger partial charge on any atom is -0.405 e. The van der Waals surface area contributed by atoms with E-state index in [0.29, 0.717) is 18.1 Å². The average molecular weight is 289 g/mol. The second-order valence-corrected chi connectivity index (χ2v) is 4.06. The van der Waals surface area contributed by atoms with Crippen molar-refractivity contribution in [3.05, 3.63) is 24.3 Å². The lowest BCUT2D eigenvalue weighted by Crippen LogP contribution is -2.17. The highest BCUT2D eigenvalue weighted by Gasteiger charge is 2.32. The molecule has 0 radical (unpaired) electrons. The normalized spacial score (nSPS) is 11.4. The smallest absolute Gasteiger partial charge is 0.405 e. The van der Waals surface area contributed by atoms with E-state index in [1.165, 1.54) is 18.2 Å². The summed E-state index contributed by atoms with van der Waals surface area (Å²) < 4.78 is 49.0. The quantitative estimate of drug-likeness (QED) is 0.935. The first-order valence-electron chi connectivity index (χ1n) is 5.43. The van der Waals surface area contributed by atoms with Gasteiger partial charge >= 0.3 is 6.36 Å². The van der Waals surface area contributed by atoms with Crippen LogP contribution in [0.4, 0.5) is 19.0 Å². The van der Waals surface area contributed by atoms with Crippen molar-refractivity contribution in [2.75, 3.05) is 11.9 Å². The van der Waals surface area contributed by atoms with Crippen molar-refractivity contribution in [2.24, 2.45) is 0 Å². The fourth-order valence-corrected chi connectivity index (χ4v) is 2.06. The minimum absolute atomic E-state index is 0.254. The zero-order valence-electron chi connectivity index (χ0n) is 9.86. The molecule has 1 heterocycles. The summed E-state index contributed by atoms with van der Waals surface area (Å²) >= 11 is 0.928. The minimum atomic E-state index is -4.74. The molecule has 1 N–H and O–H groups in total. The molecule has 0 aliphatic rings. The van der Waals surface area contributed by atoms with Crippen molar-refractivity contribution in [1.29, 1.82) is 0 Å². The molecule has 0 unspecified atom stereocenters. The van der Waals surface area contributed by atoms with Crippen LogP contribution in [0.1, 0.15) is 6.92 Å². The van der Waals surface area contributed by atoms with Gasteiger partial charge in [0.2, 0.25) is 0 Å². The van der Waals surface area contributed by atoms with Crippen LogP contribution in [0, 0.1) is 0 Å². The molecule has 0 amide bonds. The SMILES string of the molecule is CCNc1nsnc1-c1ccccc1OC(F)(F)F. The number of alkyl halides is 3. The van der Waals surface area contributed by atoms with Crippen molar-refractivity contribution in [2.45, 2.75) is 13.3 Å². The molecule has 1 aromatic carbocycles. The Hall–Kier alpha value is -1.83. The number of para-hydroxylation sites is 1. The number of hydrogen-bond donors (Lipinski definition) is 1. The molecule has 0 aliphatic heterocycles. The highest BCUT2D eigenvalue weighted by molar-refractivity contribution is 6.99. The monoisotopic (exact) mass is 289 g/mol. The first-order chi connectivity index (χ1) is 9.01. The maximum Gasteiger partial charge on any atom is 0.573 e. The van der Waals surface area contributed by atoms with Crippen molar-refractivity contribution < 1.29 is 17.9 Å². The van der Waals surface area contributed by atoms with Gasteiger partial charge in [0.15, 0.2) is 5.82 Å². The summed E-state index contributed by atoms with van der Waals surface area (Å²) in [5.74, 6) is 0.160. The lowest BCUT2D eigenvalue weighted by Gasteiger charge is -2.12. The number of benzene rings is 1. The Morgan fingerprint density at radius 3 is 2.68 bits per heavy atom. The average Bonchev–Trinajstić information content (AvgIpc) is 2.76. The van der Waals surface area contributed by atoms with Gasteiger partial charge in [0.05, 0.1) is 11.7 Å². The zero-order chi connectivity index (χ0) is 13.9. The number of rotatable bonds is 4. The van der Waals surface area contributed by atoms with Gasteiger partial charge in [-0.3, -0.25) is 0 Å². The van der Waals surface area contributed by atoms with E-state index >= 15 is 0 Å². The van der Waals surface area contributed by atoms with E-state index in [9.17, 15) is 13.2 Å². The van der Waals surface area contributed by atoms with Gasteiger partial charge in [0.25, 0.3) is 0 Å². The summed E-state index contributed by atoms with van der Waals surface area (Å²) in [4.78, 5) is 0. The van der Waals surface area contributed by atoms with Gasteiger partial charge in [-0.2, -0.15) is 8.75 Å². The van der Waals surface area contributed by atoms with Crippen molar-refractivity contribution >= 4 is 17.5 Å². The van der Waals surface area contributed by atoms with E-state index in [4.69, 9.17) is 0 Å². The highest BCUT2D eigenvalue weighted by Crippen LogP contribution is 2.36. The lowest BCUT2D eigenvalue weighted by molar-refractivity contribution is -0.274. The number of nitrogens with one attached hydrogen (secondary N) is 1. The fourth-order valence-electron chi connectivity index (χ4n) is 1.52. The highest BCUT2D eigenvalue weighted by atomic mass is 32.1. The van der Waals surface area contributed by atoms with Crippen molar-refractivity contribution in [1.82, 2.24) is 8.75 Å². The van der Waals surface area contributed by atoms with Crippen molar-refractivity contribution in [3.8, 4) is 17.0 Å². The molecule has 0 saturated carbocycles. The third-order valence-electron chi connectivity index (χ3n) is 2.20. The summed E-state index contributed by atoms with van der Waals surface area (Å²) in [6, 6.07) is 5.85. The Morgan fingerprint density at radius 1 is 1.26 bits per heavy atom. The van der Waals surface area contributed by atoms with Crippen molar-refractivity contribution in [3.63, 3.8) is 0 Å². The van der Waals surface area contributed by atoms with Gasteiger partial charge in [0, 0.05) is 12.1 Å². The number of ether oxygens (including phenoxy) is 1. The maximum absolute atomic E-state index is 12.3. The van der Waals surface area contributed by atoms with Gasteiger partial charge in [0.1, 0.15) is 11.4 Å². The van der Waals surface area contributed by atoms with Gasteiger partial charge in [-0.25, -0.2) is 0 Å². The molecule has 0 spiro atoms. The van der Waals surface area contributed by atoms with Gasteiger partial charge in [-0.05, 0) is 19.1 Å². The largest absolute Gasteiger partial charge is 0.573 e. The summed E-state index contributed by atoms with van der Waals surface area (Å²) in [5, 5.41) is 2.94. The molecule has 0 aliphatic carbocycles. The molecule has 4 nitrogen and oxygen atoms in total. The van der Waals surface area contributed by atoms with Crippen LogP contribution < -0.4 is 10.1 Å². The molecule has 0 fully saturated rings. The Labute approximate surface area is 111 Å². The fraction of sp³-hybridized carbons (Fsp3) is 0.273. The standard InChI is InChI=1S/C11H10F3N3OS/c1-2-15-10-9(16-19-17-10)7-5-3-4-6-8(7)18-11(12,13)14/h3-6H,2H2,1H3,(H,15,17). The number of halogens is 3. The predicted molar refractivity (Wildman–Crippen MR) is 66.2 cm³/mol. The third kappa shape index (κ3) is 3.34. The number of aromatic nitrogens is 2. The van der Waals surface area contributed by atoms with Crippen LogP contribution in [0.15, 0.2) is 24.3 Å². The summed E-state index contributed by atoms with van der Waals surface area (Å²) in [6.07, 6.45) is -4.74. The molecular formula is C11H10F3N3OS. The molecule has 0 bridgehead atoms. The summed E-state index contributed by atoms with van der Waals surface area (Å²) in [6.45, 7) is 2.46. The Balaban J connectivity index is 2.41. The van der Waals surface area contributed by atoms with Crippen LogP contribution in [0.2, 0.25) is 0 Å². The molecule has 8 heteroatoms. The van der Waals surface area contributed by atoms with Gasteiger partial charge < -0.3 is 10.1 Å². The summed E-state index contributed by atoms with van der Waals surface area (Å²) in [5.41, 5.74) is 0.608. The Morgan fingerprint density at radius 2 is 2.00 bits per heavy atom. The van der Waals surface area contributed by atoms with E-state index in [-0.39, 0.29) is 11.3 Å². The second-order valence-electron chi connectivity index (χ2n) is 3.54. The number of anilines is 1. The predicted octanol–water partition coefficient (Wildman–Crippen LogP) is 3.54. The van der Waals surface area contributed by atoms with Crippen LogP contribution >= 0.6 is 11.7 Å². The van der Waals surface area contributed by atoms with Crippen LogP contribution in [-0.4, -0.2) is 21.7 Å². The molecule has 0 saturated heterocycles. The summed E-state index contributed by atoms with van der Waals surface area (Å²) in [7, 11) is 0. The lowest BCUT2D eigenvalue weighted by atomic mass is 10.1. The van der Waals surface area contributed by atoms with E-state index in [1.807, 2.05) is 6.92 Å². The zero-order valence-corrected chi connectivity index (χ0v) is 10.7. The molecule has 2 rings (SSSR count). The Kier molecular flexibility index (Phi) is 3.89. The van der Waals surface area contributed by atoms with Crippen LogP contribution in [0.3, 0.4) is 0 Å². The first-order valence-corrected chi connectivity index (χ1v) is 6.16. The number of hydrogen-bond acceptors (Lipinski definition) is 5. The topological polar surface area (TPSA) is 47.0 Å². The van der Waals surface area contributed by atoms with Gasteiger partial charge in [-0.15, -0.1) is 13.2 Å². The van der Waals surface area contributed by atoms with E-state index in [2.05, 4.69) is 18.8 Å². The molecule has 19 heavy (non-hydrogen) atoms. The number of nitrogens with zero attached hydrogens (tertiary/aromatic N) is 2. The van der Waals surface area contributed by atoms with E-state index in [1.54, 1.807) is 6.07 Å². The van der Waals surface area contributed by atoms with E-state index in [0.717, 1.165) is 11.7 Å².